The second-order valence-corrected chi connectivity index (χ2v) is 7.22. The highest BCUT2D eigenvalue weighted by molar-refractivity contribution is 5.97. The maximum Gasteiger partial charge on any atom is 0.319 e. The van der Waals surface area contributed by atoms with Crippen LogP contribution in [0.4, 0.5) is 10.5 Å². The van der Waals surface area contributed by atoms with Crippen LogP contribution >= 0.6 is 0 Å². The van der Waals surface area contributed by atoms with Gasteiger partial charge in [-0.3, -0.25) is 4.79 Å². The number of aliphatic hydroxyl groups excluding tert-OH is 1. The van der Waals surface area contributed by atoms with E-state index in [9.17, 15) is 14.7 Å². The van der Waals surface area contributed by atoms with Crippen molar-refractivity contribution in [3.8, 4) is 0 Å². The van der Waals surface area contributed by atoms with Crippen molar-refractivity contribution in [2.24, 2.45) is 0 Å². The van der Waals surface area contributed by atoms with Gasteiger partial charge in [-0.05, 0) is 50.5 Å². The molecular weight excluding hydrogens is 354 g/mol. The minimum atomic E-state index is -0.755. The SMILES string of the molecule is CCN(C[C@H](O)c1ccc(C)cc1)C(=O)c1cccc(NC(=O)NC2CC2)c1. The molecule has 0 spiro atoms. The lowest BCUT2D eigenvalue weighted by Crippen LogP contribution is -2.35. The van der Waals surface area contributed by atoms with Gasteiger partial charge >= 0.3 is 6.03 Å². The normalized spacial score (nSPS) is 14.2. The molecule has 0 unspecified atom stereocenters. The van der Waals surface area contributed by atoms with Gasteiger partial charge < -0.3 is 20.6 Å². The Kier molecular flexibility index (Phi) is 6.31. The Hall–Kier alpha value is -2.86. The van der Waals surface area contributed by atoms with Gasteiger partial charge in [0.2, 0.25) is 0 Å². The van der Waals surface area contributed by atoms with Gasteiger partial charge in [0.1, 0.15) is 0 Å². The molecule has 0 bridgehead atoms. The molecule has 1 aliphatic rings. The molecule has 3 rings (SSSR count). The Morgan fingerprint density at radius 1 is 1.18 bits per heavy atom. The number of hydrogen-bond acceptors (Lipinski definition) is 3. The summed E-state index contributed by atoms with van der Waals surface area (Å²) in [4.78, 5) is 26.4. The maximum atomic E-state index is 12.9. The number of nitrogens with zero attached hydrogens (tertiary/aromatic N) is 1. The number of carbonyl (C=O) groups is 2. The minimum Gasteiger partial charge on any atom is -0.387 e. The summed E-state index contributed by atoms with van der Waals surface area (Å²) in [6.07, 6.45) is 1.27. The van der Waals surface area contributed by atoms with E-state index in [0.717, 1.165) is 24.0 Å². The molecule has 1 aliphatic carbocycles. The first-order valence-corrected chi connectivity index (χ1v) is 9.67. The van der Waals surface area contributed by atoms with Crippen molar-refractivity contribution in [3.05, 3.63) is 65.2 Å². The fourth-order valence-corrected chi connectivity index (χ4v) is 2.95. The van der Waals surface area contributed by atoms with Gasteiger partial charge in [-0.1, -0.05) is 35.9 Å². The Morgan fingerprint density at radius 3 is 2.54 bits per heavy atom. The Labute approximate surface area is 165 Å². The number of likely N-dealkylation sites (N-methyl/N-ethyl adjacent to an activating group) is 1. The van der Waals surface area contributed by atoms with Crippen molar-refractivity contribution in [3.63, 3.8) is 0 Å². The minimum absolute atomic E-state index is 0.181. The molecule has 0 heterocycles. The number of hydrogen-bond donors (Lipinski definition) is 3. The van der Waals surface area contributed by atoms with Gasteiger partial charge in [-0.25, -0.2) is 4.79 Å². The number of carbonyl (C=O) groups excluding carboxylic acids is 2. The standard InChI is InChI=1S/C22H27N3O3/c1-3-25(14-20(26)16-9-7-15(2)8-10-16)21(27)17-5-4-6-19(13-17)24-22(28)23-18-11-12-18/h4-10,13,18,20,26H,3,11-12,14H2,1-2H3,(H2,23,24,28)/t20-/m0/s1. The molecule has 148 valence electrons. The average Bonchev–Trinajstić information content (AvgIpc) is 3.50. The number of aryl methyl sites for hydroxylation is 1. The lowest BCUT2D eigenvalue weighted by molar-refractivity contribution is 0.0635. The van der Waals surface area contributed by atoms with Crippen LogP contribution in [-0.4, -0.2) is 41.1 Å². The number of anilines is 1. The summed E-state index contributed by atoms with van der Waals surface area (Å²) in [7, 11) is 0. The van der Waals surface area contributed by atoms with Crippen LogP contribution in [0.5, 0.6) is 0 Å². The Morgan fingerprint density at radius 2 is 1.89 bits per heavy atom. The Balaban J connectivity index is 1.65. The number of rotatable bonds is 7. The second kappa shape index (κ2) is 8.89. The largest absolute Gasteiger partial charge is 0.387 e. The first kappa shape index (κ1) is 19.9. The molecule has 2 aromatic carbocycles. The summed E-state index contributed by atoms with van der Waals surface area (Å²) < 4.78 is 0. The van der Waals surface area contributed by atoms with Crippen molar-refractivity contribution >= 4 is 17.6 Å². The molecule has 0 aromatic heterocycles. The van der Waals surface area contributed by atoms with Gasteiger partial charge in [-0.15, -0.1) is 0 Å². The highest BCUT2D eigenvalue weighted by Gasteiger charge is 2.23. The molecule has 6 heteroatoms. The van der Waals surface area contributed by atoms with E-state index in [1.165, 1.54) is 0 Å². The van der Waals surface area contributed by atoms with Crippen LogP contribution in [-0.2, 0) is 0 Å². The van der Waals surface area contributed by atoms with Crippen molar-refractivity contribution in [2.75, 3.05) is 18.4 Å². The van der Waals surface area contributed by atoms with Crippen LogP contribution in [0, 0.1) is 6.92 Å². The van der Waals surface area contributed by atoms with E-state index in [1.54, 1.807) is 29.2 Å². The number of nitrogens with one attached hydrogen (secondary N) is 2. The second-order valence-electron chi connectivity index (χ2n) is 7.22. The molecule has 1 saturated carbocycles. The van der Waals surface area contributed by atoms with Crippen molar-refractivity contribution < 1.29 is 14.7 Å². The quantitative estimate of drug-likeness (QED) is 0.687. The summed E-state index contributed by atoms with van der Waals surface area (Å²) in [5.41, 5.74) is 2.94. The van der Waals surface area contributed by atoms with Gasteiger partial charge in [0.05, 0.1) is 12.6 Å². The zero-order chi connectivity index (χ0) is 20.1. The summed E-state index contributed by atoms with van der Waals surface area (Å²) in [6.45, 7) is 4.55. The third-order valence-electron chi connectivity index (χ3n) is 4.80. The Bertz CT molecular complexity index is 831. The van der Waals surface area contributed by atoms with E-state index in [4.69, 9.17) is 0 Å². The van der Waals surface area contributed by atoms with Crippen LogP contribution in [0.25, 0.3) is 0 Å². The number of amides is 3. The van der Waals surface area contributed by atoms with Crippen LogP contribution in [0.1, 0.15) is 47.4 Å². The van der Waals surface area contributed by atoms with E-state index in [1.807, 2.05) is 38.1 Å². The molecule has 1 fully saturated rings. The molecular formula is C22H27N3O3. The third kappa shape index (κ3) is 5.33. The van der Waals surface area contributed by atoms with Gasteiger partial charge in [0, 0.05) is 23.8 Å². The molecule has 1 atom stereocenters. The van der Waals surface area contributed by atoms with Crippen molar-refractivity contribution in [1.29, 1.82) is 0 Å². The smallest absolute Gasteiger partial charge is 0.319 e. The predicted octanol–water partition coefficient (Wildman–Crippen LogP) is 3.47. The van der Waals surface area contributed by atoms with E-state index in [2.05, 4.69) is 10.6 Å². The molecule has 0 aliphatic heterocycles. The molecule has 3 amide bonds. The molecule has 2 aromatic rings. The maximum absolute atomic E-state index is 12.9. The van der Waals surface area contributed by atoms with E-state index >= 15 is 0 Å². The van der Waals surface area contributed by atoms with Crippen molar-refractivity contribution in [1.82, 2.24) is 10.2 Å². The zero-order valence-corrected chi connectivity index (χ0v) is 16.3. The molecule has 28 heavy (non-hydrogen) atoms. The highest BCUT2D eigenvalue weighted by Crippen LogP contribution is 2.20. The van der Waals surface area contributed by atoms with E-state index < -0.39 is 6.10 Å². The molecule has 0 radical (unpaired) electrons. The van der Waals surface area contributed by atoms with Crippen LogP contribution < -0.4 is 10.6 Å². The summed E-state index contributed by atoms with van der Waals surface area (Å²) in [6, 6.07) is 14.5. The summed E-state index contributed by atoms with van der Waals surface area (Å²) in [5.74, 6) is -0.181. The van der Waals surface area contributed by atoms with E-state index in [-0.39, 0.29) is 24.5 Å². The first-order valence-electron chi connectivity index (χ1n) is 9.67. The van der Waals surface area contributed by atoms with Crippen LogP contribution in [0.3, 0.4) is 0 Å². The molecule has 3 N–H and O–H groups in total. The highest BCUT2D eigenvalue weighted by atomic mass is 16.3. The van der Waals surface area contributed by atoms with Gasteiger partial charge in [0.25, 0.3) is 5.91 Å². The number of aliphatic hydroxyl groups is 1. The van der Waals surface area contributed by atoms with Crippen LogP contribution in [0.15, 0.2) is 48.5 Å². The zero-order valence-electron chi connectivity index (χ0n) is 16.3. The fraction of sp³-hybridized carbons (Fsp3) is 0.364. The van der Waals surface area contributed by atoms with E-state index in [0.29, 0.717) is 17.8 Å². The lowest BCUT2D eigenvalue weighted by Gasteiger charge is -2.24. The summed E-state index contributed by atoms with van der Waals surface area (Å²) >= 11 is 0. The molecule has 0 saturated heterocycles. The topological polar surface area (TPSA) is 81.7 Å². The summed E-state index contributed by atoms with van der Waals surface area (Å²) in [5, 5.41) is 16.1. The third-order valence-corrected chi connectivity index (χ3v) is 4.80. The number of urea groups is 1. The number of benzene rings is 2. The predicted molar refractivity (Wildman–Crippen MR) is 109 cm³/mol. The lowest BCUT2D eigenvalue weighted by atomic mass is 10.1. The fourth-order valence-electron chi connectivity index (χ4n) is 2.95. The molecule has 6 nitrogen and oxygen atoms in total. The monoisotopic (exact) mass is 381 g/mol. The van der Waals surface area contributed by atoms with Gasteiger partial charge in [-0.2, -0.15) is 0 Å². The average molecular weight is 381 g/mol. The van der Waals surface area contributed by atoms with Crippen LogP contribution in [0.2, 0.25) is 0 Å². The van der Waals surface area contributed by atoms with Gasteiger partial charge in [0.15, 0.2) is 0 Å². The first-order chi connectivity index (χ1) is 13.5. The van der Waals surface area contributed by atoms with Crippen molar-refractivity contribution in [2.45, 2.75) is 38.8 Å².